The van der Waals surface area contributed by atoms with Crippen LogP contribution in [-0.4, -0.2) is 29.9 Å². The molecule has 2 aromatic rings. The predicted molar refractivity (Wildman–Crippen MR) is 117 cm³/mol. The van der Waals surface area contributed by atoms with Crippen molar-refractivity contribution in [3.8, 4) is 0 Å². The molecule has 2 aromatic carbocycles. The molecule has 0 saturated heterocycles. The SMILES string of the molecule is CC(C)CC(C)NC(=O)[C@@H](Cc1ccccc1)NC(=O)C(N)Cc1ccccc1. The molecular weight excluding hydrogens is 362 g/mol. The van der Waals surface area contributed by atoms with Crippen LogP contribution in [-0.2, 0) is 22.4 Å². The molecule has 0 spiro atoms. The molecule has 0 bridgehead atoms. The second kappa shape index (κ2) is 11.4. The van der Waals surface area contributed by atoms with Crippen LogP contribution in [0.5, 0.6) is 0 Å². The van der Waals surface area contributed by atoms with E-state index < -0.39 is 12.1 Å². The van der Waals surface area contributed by atoms with Crippen molar-refractivity contribution in [1.82, 2.24) is 10.6 Å². The maximum absolute atomic E-state index is 12.9. The van der Waals surface area contributed by atoms with Gasteiger partial charge in [-0.3, -0.25) is 9.59 Å². The zero-order valence-corrected chi connectivity index (χ0v) is 17.6. The fraction of sp³-hybridized carbons (Fsp3) is 0.417. The molecule has 2 amide bonds. The van der Waals surface area contributed by atoms with Gasteiger partial charge in [0.2, 0.25) is 11.8 Å². The Kier molecular flexibility index (Phi) is 8.87. The number of nitrogens with two attached hydrogens (primary N) is 1. The largest absolute Gasteiger partial charge is 0.352 e. The van der Waals surface area contributed by atoms with Crippen LogP contribution in [0.3, 0.4) is 0 Å². The minimum atomic E-state index is -0.712. The minimum absolute atomic E-state index is 0.0377. The van der Waals surface area contributed by atoms with Crippen molar-refractivity contribution in [3.05, 3.63) is 71.8 Å². The Balaban J connectivity index is 2.05. The van der Waals surface area contributed by atoms with Gasteiger partial charge in [-0.25, -0.2) is 0 Å². The van der Waals surface area contributed by atoms with Crippen LogP contribution < -0.4 is 16.4 Å². The molecule has 5 nitrogen and oxygen atoms in total. The number of nitrogens with one attached hydrogen (secondary N) is 2. The molecule has 0 saturated carbocycles. The van der Waals surface area contributed by atoms with E-state index in [1.165, 1.54) is 0 Å². The van der Waals surface area contributed by atoms with Crippen molar-refractivity contribution in [2.75, 3.05) is 0 Å². The van der Waals surface area contributed by atoms with Crippen LogP contribution >= 0.6 is 0 Å². The average molecular weight is 396 g/mol. The monoisotopic (exact) mass is 395 g/mol. The summed E-state index contributed by atoms with van der Waals surface area (Å²) in [5.41, 5.74) is 8.09. The molecule has 4 N–H and O–H groups in total. The summed E-state index contributed by atoms with van der Waals surface area (Å²) in [5, 5.41) is 5.90. The Morgan fingerprint density at radius 2 is 1.31 bits per heavy atom. The van der Waals surface area contributed by atoms with Gasteiger partial charge in [0.05, 0.1) is 6.04 Å². The summed E-state index contributed by atoms with van der Waals surface area (Å²) >= 11 is 0. The first-order valence-corrected chi connectivity index (χ1v) is 10.3. The van der Waals surface area contributed by atoms with E-state index in [0.29, 0.717) is 18.8 Å². The van der Waals surface area contributed by atoms with Crippen molar-refractivity contribution in [1.29, 1.82) is 0 Å². The summed E-state index contributed by atoms with van der Waals surface area (Å²) in [4.78, 5) is 25.6. The van der Waals surface area contributed by atoms with Crippen LogP contribution in [0.4, 0.5) is 0 Å². The lowest BCUT2D eigenvalue weighted by molar-refractivity contribution is -0.130. The Morgan fingerprint density at radius 1 is 0.793 bits per heavy atom. The smallest absolute Gasteiger partial charge is 0.243 e. The first-order valence-electron chi connectivity index (χ1n) is 10.3. The molecule has 0 heterocycles. The van der Waals surface area contributed by atoms with Gasteiger partial charge in [-0.1, -0.05) is 74.5 Å². The van der Waals surface area contributed by atoms with Gasteiger partial charge in [-0.15, -0.1) is 0 Å². The molecule has 2 rings (SSSR count). The normalized spacial score (nSPS) is 14.1. The quantitative estimate of drug-likeness (QED) is 0.578. The Bertz CT molecular complexity index is 762. The van der Waals surface area contributed by atoms with Gasteiger partial charge >= 0.3 is 0 Å². The lowest BCUT2D eigenvalue weighted by atomic mass is 10.0. The van der Waals surface area contributed by atoms with Gasteiger partial charge in [0.25, 0.3) is 0 Å². The number of carbonyl (C=O) groups is 2. The minimum Gasteiger partial charge on any atom is -0.352 e. The van der Waals surface area contributed by atoms with E-state index >= 15 is 0 Å². The third kappa shape index (κ3) is 8.08. The lowest BCUT2D eigenvalue weighted by Crippen LogP contribution is -2.54. The zero-order chi connectivity index (χ0) is 21.2. The second-order valence-electron chi connectivity index (χ2n) is 8.09. The molecule has 0 radical (unpaired) electrons. The highest BCUT2D eigenvalue weighted by atomic mass is 16.2. The molecule has 156 valence electrons. The molecule has 0 aromatic heterocycles. The van der Waals surface area contributed by atoms with Gasteiger partial charge in [-0.05, 0) is 36.8 Å². The summed E-state index contributed by atoms with van der Waals surface area (Å²) in [6.07, 6.45) is 1.73. The van der Waals surface area contributed by atoms with Crippen LogP contribution in [0.1, 0.15) is 38.3 Å². The van der Waals surface area contributed by atoms with Crippen molar-refractivity contribution in [2.24, 2.45) is 11.7 Å². The summed E-state index contributed by atoms with van der Waals surface area (Å²) < 4.78 is 0. The molecule has 5 heteroatoms. The van der Waals surface area contributed by atoms with Crippen molar-refractivity contribution in [2.45, 2.75) is 58.2 Å². The van der Waals surface area contributed by atoms with Gasteiger partial charge < -0.3 is 16.4 Å². The molecule has 3 atom stereocenters. The molecule has 0 aliphatic rings. The summed E-state index contributed by atoms with van der Waals surface area (Å²) in [7, 11) is 0. The number of hydrogen-bond acceptors (Lipinski definition) is 3. The highest BCUT2D eigenvalue weighted by molar-refractivity contribution is 5.90. The molecule has 29 heavy (non-hydrogen) atoms. The number of carbonyl (C=O) groups excluding carboxylic acids is 2. The average Bonchev–Trinajstić information content (AvgIpc) is 2.68. The van der Waals surface area contributed by atoms with Crippen LogP contribution in [0.2, 0.25) is 0 Å². The van der Waals surface area contributed by atoms with E-state index in [4.69, 9.17) is 5.73 Å². The first kappa shape index (κ1) is 22.6. The van der Waals surface area contributed by atoms with Crippen LogP contribution in [0.25, 0.3) is 0 Å². The zero-order valence-electron chi connectivity index (χ0n) is 17.6. The van der Waals surface area contributed by atoms with E-state index in [1.807, 2.05) is 67.6 Å². The maximum atomic E-state index is 12.9. The van der Waals surface area contributed by atoms with Gasteiger partial charge in [-0.2, -0.15) is 0 Å². The number of amides is 2. The Labute approximate surface area is 174 Å². The molecular formula is C24H33N3O2. The van der Waals surface area contributed by atoms with Crippen LogP contribution in [0, 0.1) is 5.92 Å². The lowest BCUT2D eigenvalue weighted by Gasteiger charge is -2.24. The van der Waals surface area contributed by atoms with Crippen molar-refractivity contribution in [3.63, 3.8) is 0 Å². The van der Waals surface area contributed by atoms with E-state index in [-0.39, 0.29) is 17.9 Å². The summed E-state index contributed by atoms with van der Waals surface area (Å²) in [5.74, 6) is -0.0181. The molecule has 0 aliphatic carbocycles. The maximum Gasteiger partial charge on any atom is 0.243 e. The van der Waals surface area contributed by atoms with Crippen molar-refractivity contribution < 1.29 is 9.59 Å². The number of benzene rings is 2. The molecule has 0 aliphatic heterocycles. The number of rotatable bonds is 10. The van der Waals surface area contributed by atoms with E-state index in [0.717, 1.165) is 17.5 Å². The van der Waals surface area contributed by atoms with Gasteiger partial charge in [0.15, 0.2) is 0 Å². The third-order valence-corrected chi connectivity index (χ3v) is 4.76. The summed E-state index contributed by atoms with van der Waals surface area (Å²) in [6, 6.07) is 18.0. The fourth-order valence-electron chi connectivity index (χ4n) is 3.41. The molecule has 2 unspecified atom stereocenters. The van der Waals surface area contributed by atoms with Gasteiger partial charge in [0.1, 0.15) is 6.04 Å². The van der Waals surface area contributed by atoms with E-state index in [2.05, 4.69) is 24.5 Å². The topological polar surface area (TPSA) is 84.2 Å². The van der Waals surface area contributed by atoms with Crippen LogP contribution in [0.15, 0.2) is 60.7 Å². The Hall–Kier alpha value is -2.66. The van der Waals surface area contributed by atoms with E-state index in [1.54, 1.807) is 0 Å². The third-order valence-electron chi connectivity index (χ3n) is 4.76. The predicted octanol–water partition coefficient (Wildman–Crippen LogP) is 2.83. The second-order valence-corrected chi connectivity index (χ2v) is 8.09. The number of hydrogen-bond donors (Lipinski definition) is 3. The Morgan fingerprint density at radius 3 is 1.83 bits per heavy atom. The summed E-state index contributed by atoms with van der Waals surface area (Å²) in [6.45, 7) is 6.23. The van der Waals surface area contributed by atoms with E-state index in [9.17, 15) is 9.59 Å². The molecule has 0 fully saturated rings. The van der Waals surface area contributed by atoms with Crippen molar-refractivity contribution >= 4 is 11.8 Å². The highest BCUT2D eigenvalue weighted by Gasteiger charge is 2.25. The fourth-order valence-corrected chi connectivity index (χ4v) is 3.41. The standard InChI is InChI=1S/C24H33N3O2/c1-17(2)14-18(3)26-24(29)22(16-20-12-8-5-9-13-20)27-23(28)21(25)15-19-10-6-4-7-11-19/h4-13,17-18,21-22H,14-16,25H2,1-3H3,(H,26,29)(H,27,28)/t18?,21?,22-/m1/s1. The van der Waals surface area contributed by atoms with Gasteiger partial charge in [0, 0.05) is 12.5 Å². The first-order chi connectivity index (χ1) is 13.8. The highest BCUT2D eigenvalue weighted by Crippen LogP contribution is 2.08.